The Hall–Kier alpha value is -1.69. The summed E-state index contributed by atoms with van der Waals surface area (Å²) in [5, 5.41) is 15.0. The highest BCUT2D eigenvalue weighted by Crippen LogP contribution is 2.11. The average Bonchev–Trinajstić information content (AvgIpc) is 2.92. The van der Waals surface area contributed by atoms with E-state index in [1.54, 1.807) is 6.20 Å². The monoisotopic (exact) mass is 235 g/mol. The van der Waals surface area contributed by atoms with Crippen LogP contribution in [0, 0.1) is 13.8 Å². The van der Waals surface area contributed by atoms with Gasteiger partial charge in [0.25, 0.3) is 0 Å². The van der Waals surface area contributed by atoms with Crippen LogP contribution in [0.2, 0.25) is 0 Å². The van der Waals surface area contributed by atoms with E-state index in [0.717, 1.165) is 43.1 Å². The van der Waals surface area contributed by atoms with Crippen molar-refractivity contribution < 1.29 is 4.52 Å². The van der Waals surface area contributed by atoms with Gasteiger partial charge in [0.1, 0.15) is 5.76 Å². The summed E-state index contributed by atoms with van der Waals surface area (Å²) in [6.45, 7) is 6.52. The number of aryl methyl sites for hydroxylation is 3. The van der Waals surface area contributed by atoms with Crippen molar-refractivity contribution in [3.8, 4) is 0 Å². The molecule has 0 atom stereocenters. The number of hydrogen-bond donors (Lipinski definition) is 1. The van der Waals surface area contributed by atoms with Gasteiger partial charge >= 0.3 is 0 Å². The molecule has 0 aromatic carbocycles. The van der Waals surface area contributed by atoms with Gasteiger partial charge in [-0.3, -0.25) is 4.68 Å². The molecule has 17 heavy (non-hydrogen) atoms. The Morgan fingerprint density at radius 2 is 2.29 bits per heavy atom. The van der Waals surface area contributed by atoms with Crippen LogP contribution in [-0.2, 0) is 13.1 Å². The third-order valence-electron chi connectivity index (χ3n) is 2.70. The third kappa shape index (κ3) is 3.13. The molecule has 0 unspecified atom stereocenters. The lowest BCUT2D eigenvalue weighted by Gasteiger charge is -2.04. The van der Waals surface area contributed by atoms with E-state index in [-0.39, 0.29) is 0 Å². The molecule has 6 heteroatoms. The SMILES string of the molecule is Cc1noc(C)c1CNCCCn1ccnn1. The van der Waals surface area contributed by atoms with Crippen molar-refractivity contribution in [2.75, 3.05) is 6.54 Å². The minimum atomic E-state index is 0.804. The largest absolute Gasteiger partial charge is 0.361 e. The highest BCUT2D eigenvalue weighted by atomic mass is 16.5. The van der Waals surface area contributed by atoms with Gasteiger partial charge in [-0.15, -0.1) is 5.10 Å². The van der Waals surface area contributed by atoms with Crippen molar-refractivity contribution in [3.63, 3.8) is 0 Å². The van der Waals surface area contributed by atoms with Crippen LogP contribution in [0.15, 0.2) is 16.9 Å². The fourth-order valence-electron chi connectivity index (χ4n) is 1.69. The van der Waals surface area contributed by atoms with E-state index in [1.165, 1.54) is 0 Å². The molecule has 0 saturated heterocycles. The maximum absolute atomic E-state index is 5.10. The smallest absolute Gasteiger partial charge is 0.138 e. The van der Waals surface area contributed by atoms with Gasteiger partial charge in [0.05, 0.1) is 11.9 Å². The minimum Gasteiger partial charge on any atom is -0.361 e. The van der Waals surface area contributed by atoms with E-state index in [1.807, 2.05) is 24.7 Å². The molecule has 0 amide bonds. The van der Waals surface area contributed by atoms with Crippen molar-refractivity contribution in [1.29, 1.82) is 0 Å². The first-order chi connectivity index (χ1) is 8.27. The molecule has 0 fully saturated rings. The molecule has 1 N–H and O–H groups in total. The van der Waals surface area contributed by atoms with Gasteiger partial charge in [-0.1, -0.05) is 10.4 Å². The maximum Gasteiger partial charge on any atom is 0.138 e. The first-order valence-corrected chi connectivity index (χ1v) is 5.74. The number of nitrogens with zero attached hydrogens (tertiary/aromatic N) is 4. The Morgan fingerprint density at radius 1 is 1.41 bits per heavy atom. The molecular formula is C11H17N5O. The van der Waals surface area contributed by atoms with E-state index in [4.69, 9.17) is 4.52 Å². The standard InChI is InChI=1S/C11H17N5O/c1-9-11(10(2)17-14-9)8-12-4-3-6-16-7-5-13-15-16/h5,7,12H,3-4,6,8H2,1-2H3. The van der Waals surface area contributed by atoms with E-state index in [9.17, 15) is 0 Å². The third-order valence-corrected chi connectivity index (χ3v) is 2.70. The Balaban J connectivity index is 1.67. The summed E-state index contributed by atoms with van der Waals surface area (Å²) >= 11 is 0. The molecule has 6 nitrogen and oxygen atoms in total. The summed E-state index contributed by atoms with van der Waals surface area (Å²) in [5.41, 5.74) is 2.12. The van der Waals surface area contributed by atoms with E-state index in [2.05, 4.69) is 20.8 Å². The van der Waals surface area contributed by atoms with Crippen molar-refractivity contribution in [3.05, 3.63) is 29.4 Å². The highest BCUT2D eigenvalue weighted by Gasteiger charge is 2.07. The topological polar surface area (TPSA) is 68.8 Å². The number of rotatable bonds is 6. The molecule has 0 bridgehead atoms. The van der Waals surface area contributed by atoms with E-state index >= 15 is 0 Å². The number of nitrogens with one attached hydrogen (secondary N) is 1. The summed E-state index contributed by atoms with van der Waals surface area (Å²) in [6.07, 6.45) is 4.58. The van der Waals surface area contributed by atoms with Gasteiger partial charge in [-0.25, -0.2) is 0 Å². The van der Waals surface area contributed by atoms with Crippen molar-refractivity contribution >= 4 is 0 Å². The second-order valence-corrected chi connectivity index (χ2v) is 4.00. The molecule has 92 valence electrons. The average molecular weight is 235 g/mol. The van der Waals surface area contributed by atoms with Crippen LogP contribution >= 0.6 is 0 Å². The Kier molecular flexibility index (Phi) is 3.87. The lowest BCUT2D eigenvalue weighted by molar-refractivity contribution is 0.391. The first-order valence-electron chi connectivity index (χ1n) is 5.74. The predicted molar refractivity (Wildman–Crippen MR) is 62.3 cm³/mol. The van der Waals surface area contributed by atoms with Gasteiger partial charge < -0.3 is 9.84 Å². The molecular weight excluding hydrogens is 218 g/mol. The number of hydrogen-bond acceptors (Lipinski definition) is 5. The lowest BCUT2D eigenvalue weighted by atomic mass is 10.2. The maximum atomic E-state index is 5.10. The van der Waals surface area contributed by atoms with Gasteiger partial charge in [-0.2, -0.15) is 0 Å². The summed E-state index contributed by atoms with van der Waals surface area (Å²) in [7, 11) is 0. The van der Waals surface area contributed by atoms with Crippen LogP contribution in [0.5, 0.6) is 0 Å². The second-order valence-electron chi connectivity index (χ2n) is 4.00. The van der Waals surface area contributed by atoms with Crippen LogP contribution in [0.3, 0.4) is 0 Å². The number of aromatic nitrogens is 4. The van der Waals surface area contributed by atoms with Crippen LogP contribution < -0.4 is 5.32 Å². The molecule has 2 rings (SSSR count). The normalized spacial score (nSPS) is 10.9. The summed E-state index contributed by atoms with van der Waals surface area (Å²) in [6, 6.07) is 0. The Labute approximate surface area is 100.0 Å². The zero-order valence-corrected chi connectivity index (χ0v) is 10.2. The van der Waals surface area contributed by atoms with E-state index < -0.39 is 0 Å². The zero-order chi connectivity index (χ0) is 12.1. The Bertz CT molecular complexity index is 429. The molecule has 0 aliphatic carbocycles. The fraction of sp³-hybridized carbons (Fsp3) is 0.545. The zero-order valence-electron chi connectivity index (χ0n) is 10.2. The summed E-state index contributed by atoms with van der Waals surface area (Å²) in [5.74, 6) is 0.895. The van der Waals surface area contributed by atoms with Gasteiger partial charge in [0.2, 0.25) is 0 Å². The van der Waals surface area contributed by atoms with Crippen LogP contribution in [-0.4, -0.2) is 26.7 Å². The fourth-order valence-corrected chi connectivity index (χ4v) is 1.69. The van der Waals surface area contributed by atoms with Crippen molar-refractivity contribution in [1.82, 2.24) is 25.5 Å². The molecule has 0 aliphatic rings. The highest BCUT2D eigenvalue weighted by molar-refractivity contribution is 5.20. The first kappa shape index (κ1) is 11.8. The van der Waals surface area contributed by atoms with Crippen LogP contribution in [0.1, 0.15) is 23.4 Å². The predicted octanol–water partition coefficient (Wildman–Crippen LogP) is 1.06. The van der Waals surface area contributed by atoms with Gasteiger partial charge in [0, 0.05) is 24.8 Å². The molecule has 0 saturated carbocycles. The molecule has 2 aromatic rings. The molecule has 0 aliphatic heterocycles. The minimum absolute atomic E-state index is 0.804. The van der Waals surface area contributed by atoms with E-state index in [0.29, 0.717) is 0 Å². The summed E-state index contributed by atoms with van der Waals surface area (Å²) < 4.78 is 6.93. The van der Waals surface area contributed by atoms with Gasteiger partial charge in [-0.05, 0) is 26.8 Å². The van der Waals surface area contributed by atoms with Crippen LogP contribution in [0.25, 0.3) is 0 Å². The molecule has 2 aromatic heterocycles. The Morgan fingerprint density at radius 3 is 2.94 bits per heavy atom. The summed E-state index contributed by atoms with van der Waals surface area (Å²) in [4.78, 5) is 0. The molecule has 0 radical (unpaired) electrons. The van der Waals surface area contributed by atoms with Crippen molar-refractivity contribution in [2.24, 2.45) is 0 Å². The van der Waals surface area contributed by atoms with Crippen LogP contribution in [0.4, 0.5) is 0 Å². The van der Waals surface area contributed by atoms with Crippen molar-refractivity contribution in [2.45, 2.75) is 33.4 Å². The second kappa shape index (κ2) is 5.58. The quantitative estimate of drug-likeness (QED) is 0.758. The lowest BCUT2D eigenvalue weighted by Crippen LogP contribution is -2.17. The van der Waals surface area contributed by atoms with Gasteiger partial charge in [0.15, 0.2) is 0 Å². The molecule has 0 spiro atoms. The molecule has 2 heterocycles.